The van der Waals surface area contributed by atoms with Crippen LogP contribution in [-0.4, -0.2) is 20.8 Å². The normalized spacial score (nSPS) is 11.0. The van der Waals surface area contributed by atoms with Crippen LogP contribution in [-0.2, 0) is 7.05 Å². The quantitative estimate of drug-likeness (QED) is 0.780. The van der Waals surface area contributed by atoms with Crippen LogP contribution in [0.2, 0.25) is 0 Å². The van der Waals surface area contributed by atoms with Gasteiger partial charge in [-0.3, -0.25) is 14.3 Å². The average Bonchev–Trinajstić information content (AvgIpc) is 2.82. The van der Waals surface area contributed by atoms with E-state index in [0.29, 0.717) is 22.7 Å². The summed E-state index contributed by atoms with van der Waals surface area (Å²) in [4.78, 5) is 24.8. The molecule has 2 heterocycles. The lowest BCUT2D eigenvalue weighted by atomic mass is 10.2. The Labute approximate surface area is 129 Å². The maximum absolute atomic E-state index is 13.4. The molecule has 0 spiro atoms. The molecule has 0 saturated carbocycles. The summed E-state index contributed by atoms with van der Waals surface area (Å²) in [6, 6.07) is 3.76. The summed E-state index contributed by atoms with van der Waals surface area (Å²) in [5, 5.41) is 10.4. The molecule has 0 fully saturated rings. The van der Waals surface area contributed by atoms with Crippen molar-refractivity contribution in [1.29, 1.82) is 0 Å². The molecule has 0 aliphatic rings. The first-order chi connectivity index (χ1) is 10.9. The molecule has 1 aromatic carbocycles. The number of halogens is 1. The number of hydrogen-bond acceptors (Lipinski definition) is 5. The number of anilines is 1. The minimum atomic E-state index is -0.703. The van der Waals surface area contributed by atoms with E-state index in [1.165, 1.54) is 16.8 Å². The van der Waals surface area contributed by atoms with Crippen molar-refractivity contribution >= 4 is 22.5 Å². The second kappa shape index (κ2) is 5.31. The van der Waals surface area contributed by atoms with Crippen molar-refractivity contribution in [2.24, 2.45) is 7.05 Å². The van der Waals surface area contributed by atoms with E-state index >= 15 is 0 Å². The SMILES string of the molecule is Cc1noc(C)c1NC(=O)c1nn(C)c2ccc(F)cc2c1=O. The van der Waals surface area contributed by atoms with Crippen molar-refractivity contribution in [3.8, 4) is 0 Å². The monoisotopic (exact) mass is 316 g/mol. The lowest BCUT2D eigenvalue weighted by molar-refractivity contribution is 0.101. The topological polar surface area (TPSA) is 90.0 Å². The van der Waals surface area contributed by atoms with E-state index in [2.05, 4.69) is 15.6 Å². The molecule has 0 saturated heterocycles. The average molecular weight is 316 g/mol. The molecule has 2 aromatic heterocycles. The minimum absolute atomic E-state index is 0.0893. The van der Waals surface area contributed by atoms with Gasteiger partial charge in [0.2, 0.25) is 5.43 Å². The van der Waals surface area contributed by atoms with Gasteiger partial charge in [-0.15, -0.1) is 0 Å². The summed E-state index contributed by atoms with van der Waals surface area (Å²) in [6.45, 7) is 3.30. The van der Waals surface area contributed by atoms with Crippen molar-refractivity contribution in [2.75, 3.05) is 5.32 Å². The highest BCUT2D eigenvalue weighted by molar-refractivity contribution is 6.04. The van der Waals surface area contributed by atoms with Crippen molar-refractivity contribution < 1.29 is 13.7 Å². The maximum Gasteiger partial charge on any atom is 0.280 e. The number of benzene rings is 1. The number of amides is 1. The van der Waals surface area contributed by atoms with E-state index < -0.39 is 17.2 Å². The highest BCUT2D eigenvalue weighted by Crippen LogP contribution is 2.19. The van der Waals surface area contributed by atoms with Crippen LogP contribution >= 0.6 is 0 Å². The first-order valence-electron chi connectivity index (χ1n) is 6.79. The van der Waals surface area contributed by atoms with Gasteiger partial charge in [0.1, 0.15) is 17.2 Å². The molecule has 8 heteroatoms. The van der Waals surface area contributed by atoms with Crippen molar-refractivity contribution in [3.05, 3.63) is 51.4 Å². The zero-order chi connectivity index (χ0) is 16.7. The van der Waals surface area contributed by atoms with E-state index in [4.69, 9.17) is 4.52 Å². The Morgan fingerprint density at radius 3 is 2.74 bits per heavy atom. The van der Waals surface area contributed by atoms with Gasteiger partial charge >= 0.3 is 0 Å². The molecule has 0 atom stereocenters. The Bertz CT molecular complexity index is 971. The predicted molar refractivity (Wildman–Crippen MR) is 80.9 cm³/mol. The number of rotatable bonds is 2. The molecule has 1 N–H and O–H groups in total. The molecule has 7 nitrogen and oxygen atoms in total. The van der Waals surface area contributed by atoms with Crippen LogP contribution in [0, 0.1) is 19.7 Å². The molecular weight excluding hydrogens is 303 g/mol. The van der Waals surface area contributed by atoms with Gasteiger partial charge in [-0.05, 0) is 32.0 Å². The summed E-state index contributed by atoms with van der Waals surface area (Å²) in [5.74, 6) is -0.844. The van der Waals surface area contributed by atoms with Crippen LogP contribution in [0.25, 0.3) is 10.9 Å². The standard InChI is InChI=1S/C15H13FN4O3/c1-7-12(8(2)23-19-7)17-15(22)13-14(21)10-6-9(16)4-5-11(10)20(3)18-13/h4-6H,1-3H3,(H,17,22). The lowest BCUT2D eigenvalue weighted by Gasteiger charge is -2.08. The number of nitrogens with one attached hydrogen (secondary N) is 1. The molecule has 0 bridgehead atoms. The molecule has 118 valence electrons. The Balaban J connectivity index is 2.11. The van der Waals surface area contributed by atoms with Gasteiger partial charge in [0.15, 0.2) is 11.5 Å². The highest BCUT2D eigenvalue weighted by Gasteiger charge is 2.20. The third-order valence-electron chi connectivity index (χ3n) is 3.50. The van der Waals surface area contributed by atoms with E-state index in [1.807, 2.05) is 0 Å². The predicted octanol–water partition coefficient (Wildman–Crippen LogP) is 1.93. The van der Waals surface area contributed by atoms with Crippen LogP contribution in [0.5, 0.6) is 0 Å². The van der Waals surface area contributed by atoms with E-state index in [1.54, 1.807) is 20.9 Å². The largest absolute Gasteiger partial charge is 0.359 e. The zero-order valence-corrected chi connectivity index (χ0v) is 12.7. The summed E-state index contributed by atoms with van der Waals surface area (Å²) in [5.41, 5.74) is 0.343. The van der Waals surface area contributed by atoms with E-state index in [-0.39, 0.29) is 11.1 Å². The molecule has 3 rings (SSSR count). The number of carbonyl (C=O) groups excluding carboxylic acids is 1. The van der Waals surface area contributed by atoms with Crippen LogP contribution in [0.15, 0.2) is 27.5 Å². The third kappa shape index (κ3) is 2.48. The Morgan fingerprint density at radius 1 is 1.35 bits per heavy atom. The number of aromatic nitrogens is 3. The first-order valence-corrected chi connectivity index (χ1v) is 6.79. The van der Waals surface area contributed by atoms with E-state index in [9.17, 15) is 14.0 Å². The number of carbonyl (C=O) groups is 1. The molecule has 0 aliphatic heterocycles. The molecule has 3 aromatic rings. The summed E-state index contributed by atoms with van der Waals surface area (Å²) in [7, 11) is 1.58. The van der Waals surface area contributed by atoms with Gasteiger partial charge in [-0.25, -0.2) is 4.39 Å². The molecule has 0 radical (unpaired) electrons. The van der Waals surface area contributed by atoms with Gasteiger partial charge in [0.25, 0.3) is 5.91 Å². The van der Waals surface area contributed by atoms with Crippen molar-refractivity contribution in [2.45, 2.75) is 13.8 Å². The molecule has 23 heavy (non-hydrogen) atoms. The molecule has 0 unspecified atom stereocenters. The lowest BCUT2D eigenvalue weighted by Crippen LogP contribution is -2.26. The summed E-state index contributed by atoms with van der Waals surface area (Å²) >= 11 is 0. The molecule has 1 amide bonds. The second-order valence-electron chi connectivity index (χ2n) is 5.12. The van der Waals surface area contributed by atoms with Gasteiger partial charge in [0, 0.05) is 7.05 Å². The number of hydrogen-bond donors (Lipinski definition) is 1. The fraction of sp³-hybridized carbons (Fsp3) is 0.200. The Morgan fingerprint density at radius 2 is 2.09 bits per heavy atom. The fourth-order valence-electron chi connectivity index (χ4n) is 2.33. The maximum atomic E-state index is 13.4. The number of fused-ring (bicyclic) bond motifs is 1. The first kappa shape index (κ1) is 14.9. The summed E-state index contributed by atoms with van der Waals surface area (Å²) in [6.07, 6.45) is 0. The number of nitrogens with zero attached hydrogens (tertiary/aromatic N) is 3. The molecule has 0 aliphatic carbocycles. The molecular formula is C15H13FN4O3. The fourth-order valence-corrected chi connectivity index (χ4v) is 2.33. The smallest absolute Gasteiger partial charge is 0.280 e. The zero-order valence-electron chi connectivity index (χ0n) is 12.7. The van der Waals surface area contributed by atoms with Crippen LogP contribution in [0.1, 0.15) is 21.9 Å². The van der Waals surface area contributed by atoms with Gasteiger partial charge in [-0.1, -0.05) is 5.16 Å². The highest BCUT2D eigenvalue weighted by atomic mass is 19.1. The van der Waals surface area contributed by atoms with Gasteiger partial charge < -0.3 is 9.84 Å². The van der Waals surface area contributed by atoms with Crippen LogP contribution < -0.4 is 10.7 Å². The van der Waals surface area contributed by atoms with Crippen molar-refractivity contribution in [3.63, 3.8) is 0 Å². The third-order valence-corrected chi connectivity index (χ3v) is 3.50. The van der Waals surface area contributed by atoms with Crippen molar-refractivity contribution in [1.82, 2.24) is 14.9 Å². The van der Waals surface area contributed by atoms with Gasteiger partial charge in [0.05, 0.1) is 10.9 Å². The Hall–Kier alpha value is -3.03. The van der Waals surface area contributed by atoms with Crippen LogP contribution in [0.4, 0.5) is 10.1 Å². The number of aryl methyl sites for hydroxylation is 3. The van der Waals surface area contributed by atoms with E-state index in [0.717, 1.165) is 6.07 Å². The van der Waals surface area contributed by atoms with Crippen LogP contribution in [0.3, 0.4) is 0 Å². The van der Waals surface area contributed by atoms with Gasteiger partial charge in [-0.2, -0.15) is 5.10 Å². The second-order valence-corrected chi connectivity index (χ2v) is 5.12. The minimum Gasteiger partial charge on any atom is -0.359 e. The Kier molecular flexibility index (Phi) is 3.44. The summed E-state index contributed by atoms with van der Waals surface area (Å²) < 4.78 is 19.7.